The maximum absolute atomic E-state index is 8.93. The van der Waals surface area contributed by atoms with Crippen LogP contribution in [0.3, 0.4) is 0 Å². The van der Waals surface area contributed by atoms with Gasteiger partial charge in [-0.05, 0) is 31.2 Å². The zero-order valence-corrected chi connectivity index (χ0v) is 11.9. The predicted octanol–water partition coefficient (Wildman–Crippen LogP) is 2.23. The van der Waals surface area contributed by atoms with E-state index in [1.807, 2.05) is 22.8 Å². The Balaban J connectivity index is 2.24. The molecule has 0 bridgehead atoms. The van der Waals surface area contributed by atoms with Gasteiger partial charge in [-0.15, -0.1) is 0 Å². The molecule has 0 atom stereocenters. The van der Waals surface area contributed by atoms with Gasteiger partial charge in [-0.2, -0.15) is 0 Å². The lowest BCUT2D eigenvalue weighted by atomic mass is 10.2. The molecule has 0 spiro atoms. The molecule has 1 heterocycles. The second kappa shape index (κ2) is 5.89. The summed E-state index contributed by atoms with van der Waals surface area (Å²) in [5.41, 5.74) is 4.01. The minimum atomic E-state index is 0.0306. The van der Waals surface area contributed by atoms with Gasteiger partial charge in [0, 0.05) is 11.1 Å². The summed E-state index contributed by atoms with van der Waals surface area (Å²) in [4.78, 5) is 8.76. The predicted molar refractivity (Wildman–Crippen MR) is 83.3 cm³/mol. The molecule has 3 rings (SSSR count). The van der Waals surface area contributed by atoms with E-state index in [2.05, 4.69) is 47.2 Å². The Morgan fingerprint density at radius 2 is 1.86 bits per heavy atom. The topological polar surface area (TPSA) is 50.4 Å². The zero-order valence-electron chi connectivity index (χ0n) is 11.9. The molecule has 106 valence electrons. The lowest BCUT2D eigenvalue weighted by Gasteiger charge is -2.11. The summed E-state index contributed by atoms with van der Waals surface area (Å²) in [6, 6.07) is 16.4. The number of aliphatic hydroxyl groups excluding tert-OH is 1. The second-order valence-corrected chi connectivity index (χ2v) is 4.90. The molecule has 0 fully saturated rings. The van der Waals surface area contributed by atoms with Crippen molar-refractivity contribution in [3.05, 3.63) is 65.9 Å². The van der Waals surface area contributed by atoms with Crippen molar-refractivity contribution in [1.82, 2.24) is 9.55 Å². The highest BCUT2D eigenvalue weighted by atomic mass is 16.3. The van der Waals surface area contributed by atoms with E-state index in [-0.39, 0.29) is 6.61 Å². The van der Waals surface area contributed by atoms with Crippen molar-refractivity contribution in [2.24, 2.45) is 4.99 Å². The number of rotatable bonds is 3. The third-order valence-corrected chi connectivity index (χ3v) is 3.37. The Labute approximate surface area is 123 Å². The van der Waals surface area contributed by atoms with Crippen LogP contribution in [0.15, 0.2) is 59.9 Å². The average molecular weight is 279 g/mol. The van der Waals surface area contributed by atoms with Crippen molar-refractivity contribution in [3.63, 3.8) is 0 Å². The minimum Gasteiger partial charge on any atom is -0.394 e. The van der Waals surface area contributed by atoms with Crippen LogP contribution < -0.4 is 5.49 Å². The zero-order chi connectivity index (χ0) is 14.7. The number of benzene rings is 2. The van der Waals surface area contributed by atoms with Gasteiger partial charge in [-0.1, -0.05) is 29.8 Å². The Kier molecular flexibility index (Phi) is 3.79. The highest BCUT2D eigenvalue weighted by molar-refractivity contribution is 5.79. The van der Waals surface area contributed by atoms with Crippen molar-refractivity contribution in [3.8, 4) is 5.69 Å². The van der Waals surface area contributed by atoms with E-state index >= 15 is 0 Å². The molecule has 1 aromatic heterocycles. The van der Waals surface area contributed by atoms with Gasteiger partial charge in [0.2, 0.25) is 0 Å². The number of aliphatic hydroxyl groups is 1. The molecule has 3 aromatic rings. The molecular weight excluding hydrogens is 262 g/mol. The number of fused-ring (bicyclic) bond motifs is 1. The summed E-state index contributed by atoms with van der Waals surface area (Å²) in [6.45, 7) is 2.47. The minimum absolute atomic E-state index is 0.0306. The first-order valence-corrected chi connectivity index (χ1v) is 6.94. The third-order valence-electron chi connectivity index (χ3n) is 3.37. The second-order valence-electron chi connectivity index (χ2n) is 4.90. The lowest BCUT2D eigenvalue weighted by Crippen LogP contribution is -2.14. The highest BCUT2D eigenvalue weighted by Crippen LogP contribution is 2.15. The van der Waals surface area contributed by atoms with Crippen LogP contribution in [-0.4, -0.2) is 27.8 Å². The van der Waals surface area contributed by atoms with E-state index < -0.39 is 0 Å². The van der Waals surface area contributed by atoms with Gasteiger partial charge in [-0.25, -0.2) is 4.98 Å². The first-order chi connectivity index (χ1) is 10.3. The molecule has 0 aliphatic carbocycles. The van der Waals surface area contributed by atoms with Crippen LogP contribution in [0.2, 0.25) is 0 Å². The van der Waals surface area contributed by atoms with Crippen LogP contribution >= 0.6 is 0 Å². The summed E-state index contributed by atoms with van der Waals surface area (Å²) in [5, 5.41) is 9.91. The Morgan fingerprint density at radius 3 is 2.62 bits per heavy atom. The van der Waals surface area contributed by atoms with Crippen molar-refractivity contribution >= 4 is 10.9 Å². The molecular formula is C17H17N3O. The third kappa shape index (κ3) is 2.71. The maximum Gasteiger partial charge on any atom is 0.158 e. The summed E-state index contributed by atoms with van der Waals surface area (Å²) in [7, 11) is 0. The molecule has 2 aromatic carbocycles. The molecule has 0 amide bonds. The van der Waals surface area contributed by atoms with Crippen LogP contribution in [0.1, 0.15) is 5.56 Å². The molecule has 0 aliphatic rings. The van der Waals surface area contributed by atoms with Crippen molar-refractivity contribution in [2.75, 3.05) is 13.2 Å². The summed E-state index contributed by atoms with van der Waals surface area (Å²) >= 11 is 0. The van der Waals surface area contributed by atoms with Crippen LogP contribution in [0.4, 0.5) is 0 Å². The van der Waals surface area contributed by atoms with Gasteiger partial charge in [0.1, 0.15) is 6.33 Å². The van der Waals surface area contributed by atoms with E-state index in [1.54, 1.807) is 6.33 Å². The summed E-state index contributed by atoms with van der Waals surface area (Å²) in [5.74, 6) is 0. The standard InChI is InChI=1S/C17H17N3O/c1-13-6-8-14(9-7-13)20-12-19-17(18-10-11-21)15-4-2-3-5-16(15)20/h2-9,12,21H,10-11H2,1H3. The van der Waals surface area contributed by atoms with Gasteiger partial charge in [0.15, 0.2) is 5.49 Å². The molecule has 1 N–H and O–H groups in total. The molecule has 21 heavy (non-hydrogen) atoms. The molecule has 0 aliphatic heterocycles. The van der Waals surface area contributed by atoms with Crippen molar-refractivity contribution < 1.29 is 5.11 Å². The molecule has 0 saturated carbocycles. The van der Waals surface area contributed by atoms with Crippen LogP contribution in [0, 0.1) is 6.92 Å². The number of hydrogen-bond donors (Lipinski definition) is 1. The number of hydrogen-bond acceptors (Lipinski definition) is 3. The van der Waals surface area contributed by atoms with E-state index in [0.717, 1.165) is 16.6 Å². The molecule has 0 saturated heterocycles. The van der Waals surface area contributed by atoms with Gasteiger partial charge in [0.05, 0.1) is 18.7 Å². The van der Waals surface area contributed by atoms with Gasteiger partial charge in [-0.3, -0.25) is 4.99 Å². The lowest BCUT2D eigenvalue weighted by molar-refractivity contribution is 0.305. The fourth-order valence-electron chi connectivity index (χ4n) is 2.31. The molecule has 4 heteroatoms. The average Bonchev–Trinajstić information content (AvgIpc) is 2.53. The Bertz CT molecular complexity index is 819. The number of aromatic nitrogens is 2. The van der Waals surface area contributed by atoms with E-state index in [1.165, 1.54) is 5.56 Å². The van der Waals surface area contributed by atoms with E-state index in [0.29, 0.717) is 12.0 Å². The normalized spacial score (nSPS) is 12.0. The first kappa shape index (κ1) is 13.5. The Hall–Kier alpha value is -2.46. The number of para-hydroxylation sites is 1. The SMILES string of the molecule is Cc1ccc(-n2cnc(=NCCO)c3ccccc32)cc1. The monoisotopic (exact) mass is 279 g/mol. The number of aryl methyl sites for hydroxylation is 1. The van der Waals surface area contributed by atoms with Gasteiger partial charge < -0.3 is 9.67 Å². The number of nitrogens with zero attached hydrogens (tertiary/aromatic N) is 3. The van der Waals surface area contributed by atoms with E-state index in [4.69, 9.17) is 5.11 Å². The Morgan fingerprint density at radius 1 is 1.10 bits per heavy atom. The maximum atomic E-state index is 8.93. The van der Waals surface area contributed by atoms with Crippen LogP contribution in [-0.2, 0) is 0 Å². The largest absolute Gasteiger partial charge is 0.394 e. The first-order valence-electron chi connectivity index (χ1n) is 6.94. The highest BCUT2D eigenvalue weighted by Gasteiger charge is 2.03. The summed E-state index contributed by atoms with van der Waals surface area (Å²) < 4.78 is 2.05. The van der Waals surface area contributed by atoms with Gasteiger partial charge in [0.25, 0.3) is 0 Å². The fraction of sp³-hybridized carbons (Fsp3) is 0.176. The van der Waals surface area contributed by atoms with Crippen LogP contribution in [0.25, 0.3) is 16.6 Å². The summed E-state index contributed by atoms with van der Waals surface area (Å²) in [6.07, 6.45) is 1.78. The fourth-order valence-corrected chi connectivity index (χ4v) is 2.31. The quantitative estimate of drug-likeness (QED) is 0.799. The molecule has 4 nitrogen and oxygen atoms in total. The van der Waals surface area contributed by atoms with Gasteiger partial charge >= 0.3 is 0 Å². The smallest absolute Gasteiger partial charge is 0.158 e. The van der Waals surface area contributed by atoms with E-state index in [9.17, 15) is 0 Å². The molecule has 0 unspecified atom stereocenters. The molecule has 0 radical (unpaired) electrons. The van der Waals surface area contributed by atoms with Crippen molar-refractivity contribution in [2.45, 2.75) is 6.92 Å². The van der Waals surface area contributed by atoms with Crippen molar-refractivity contribution in [1.29, 1.82) is 0 Å². The van der Waals surface area contributed by atoms with Crippen LogP contribution in [0.5, 0.6) is 0 Å².